The van der Waals surface area contributed by atoms with Gasteiger partial charge in [-0.05, 0) is 187 Å². The van der Waals surface area contributed by atoms with E-state index < -0.39 is 0 Å². The largest absolute Gasteiger partial charge is 0.310 e. The standard InChI is InChI=1S/C67H48F2N2/c1-67(2)65-44-59(71(57-30-26-55(69)27-31-57)61-42-52(47-19-11-5-12-20-47)38-53(43-61)48-21-13-6-14-22-48)33-36-63(65)64-34-23-49-39-58(32-35-62(49)66(64)67)70(56-28-24-54(68)25-29-56)60-40-50(45-15-7-3-8-16-45)37-51(41-60)46-17-9-4-10-18-46/h3-44H,1-2H3. The number of hydrogen-bond acceptors (Lipinski definition) is 2. The number of halogens is 2. The highest BCUT2D eigenvalue weighted by atomic mass is 19.1. The van der Waals surface area contributed by atoms with Crippen molar-refractivity contribution < 1.29 is 8.78 Å². The lowest BCUT2D eigenvalue weighted by Crippen LogP contribution is -2.17. The molecule has 340 valence electrons. The SMILES string of the molecule is CC1(C)c2cc(N(c3ccc(F)cc3)c3cc(-c4ccccc4)cc(-c4ccccc4)c3)ccc2-c2ccc3cc(N(c4ccc(F)cc4)c4cc(-c5ccccc5)cc(-c5ccccc5)c4)ccc3c21. The number of hydrogen-bond donors (Lipinski definition) is 0. The van der Waals surface area contributed by atoms with Crippen LogP contribution in [-0.2, 0) is 5.41 Å². The molecule has 0 bridgehead atoms. The van der Waals surface area contributed by atoms with Gasteiger partial charge in [-0.2, -0.15) is 0 Å². The van der Waals surface area contributed by atoms with Gasteiger partial charge >= 0.3 is 0 Å². The third-order valence-corrected chi connectivity index (χ3v) is 14.1. The molecule has 0 spiro atoms. The van der Waals surface area contributed by atoms with Gasteiger partial charge in [-0.25, -0.2) is 8.78 Å². The van der Waals surface area contributed by atoms with Gasteiger partial charge in [0.05, 0.1) is 0 Å². The molecule has 0 unspecified atom stereocenters. The van der Waals surface area contributed by atoms with Crippen LogP contribution in [0.2, 0.25) is 0 Å². The highest BCUT2D eigenvalue weighted by Crippen LogP contribution is 2.54. The summed E-state index contributed by atoms with van der Waals surface area (Å²) in [6, 6.07) is 86.9. The molecule has 11 aromatic carbocycles. The van der Waals surface area contributed by atoms with Crippen LogP contribution in [0.5, 0.6) is 0 Å². The molecule has 4 heteroatoms. The Hall–Kier alpha value is -8.86. The van der Waals surface area contributed by atoms with Crippen molar-refractivity contribution in [3.05, 3.63) is 278 Å². The summed E-state index contributed by atoms with van der Waals surface area (Å²) in [6.07, 6.45) is 0. The first-order valence-electron chi connectivity index (χ1n) is 24.1. The van der Waals surface area contributed by atoms with E-state index in [-0.39, 0.29) is 17.0 Å². The molecule has 0 aromatic heterocycles. The molecule has 1 aliphatic rings. The van der Waals surface area contributed by atoms with Crippen LogP contribution in [-0.4, -0.2) is 0 Å². The van der Waals surface area contributed by atoms with Crippen molar-refractivity contribution in [3.63, 3.8) is 0 Å². The molecule has 0 amide bonds. The number of rotatable bonds is 10. The summed E-state index contributed by atoms with van der Waals surface area (Å²) in [4.78, 5) is 4.49. The Kier molecular flexibility index (Phi) is 10.9. The lowest BCUT2D eigenvalue weighted by atomic mass is 9.80. The number of fused-ring (bicyclic) bond motifs is 5. The van der Waals surface area contributed by atoms with E-state index in [1.54, 1.807) is 0 Å². The maximum atomic E-state index is 14.7. The first-order valence-corrected chi connectivity index (χ1v) is 24.1. The van der Waals surface area contributed by atoms with Crippen LogP contribution in [0.15, 0.2) is 255 Å². The van der Waals surface area contributed by atoms with Crippen LogP contribution in [0.1, 0.15) is 25.0 Å². The van der Waals surface area contributed by atoms with Gasteiger partial charge in [0.2, 0.25) is 0 Å². The summed E-state index contributed by atoms with van der Waals surface area (Å²) in [5.41, 5.74) is 18.9. The Morgan fingerprint density at radius 3 is 1.08 bits per heavy atom. The van der Waals surface area contributed by atoms with Crippen LogP contribution in [0, 0.1) is 11.6 Å². The van der Waals surface area contributed by atoms with Crippen molar-refractivity contribution >= 4 is 44.9 Å². The maximum absolute atomic E-state index is 14.7. The molecule has 0 saturated heterocycles. The first kappa shape index (κ1) is 43.4. The van der Waals surface area contributed by atoms with E-state index in [2.05, 4.69) is 206 Å². The summed E-state index contributed by atoms with van der Waals surface area (Å²) >= 11 is 0. The average Bonchev–Trinajstić information content (AvgIpc) is 3.66. The predicted molar refractivity (Wildman–Crippen MR) is 293 cm³/mol. The molecule has 1 aliphatic carbocycles. The summed E-state index contributed by atoms with van der Waals surface area (Å²) in [6.45, 7) is 4.65. The Balaban J connectivity index is 0.982. The van der Waals surface area contributed by atoms with Gasteiger partial charge in [-0.1, -0.05) is 159 Å². The van der Waals surface area contributed by atoms with Gasteiger partial charge in [0.25, 0.3) is 0 Å². The molecule has 0 heterocycles. The van der Waals surface area contributed by atoms with E-state index >= 15 is 0 Å². The molecule has 2 nitrogen and oxygen atoms in total. The molecule has 0 radical (unpaired) electrons. The molecule has 12 rings (SSSR count). The Labute approximate surface area is 414 Å². The quantitative estimate of drug-likeness (QED) is 0.135. The monoisotopic (exact) mass is 918 g/mol. The van der Waals surface area contributed by atoms with E-state index in [0.29, 0.717) is 0 Å². The maximum Gasteiger partial charge on any atom is 0.123 e. The zero-order valence-corrected chi connectivity index (χ0v) is 39.4. The highest BCUT2D eigenvalue weighted by Gasteiger charge is 2.38. The van der Waals surface area contributed by atoms with E-state index in [9.17, 15) is 8.78 Å². The van der Waals surface area contributed by atoms with Crippen molar-refractivity contribution in [3.8, 4) is 55.6 Å². The zero-order valence-electron chi connectivity index (χ0n) is 39.4. The Morgan fingerprint density at radius 2 is 0.662 bits per heavy atom. The van der Waals surface area contributed by atoms with Gasteiger partial charge in [0.1, 0.15) is 11.6 Å². The minimum atomic E-state index is -0.386. The lowest BCUT2D eigenvalue weighted by molar-refractivity contribution is 0.627. The van der Waals surface area contributed by atoms with E-state index in [4.69, 9.17) is 0 Å². The summed E-state index contributed by atoms with van der Waals surface area (Å²) in [5, 5.41) is 2.28. The third kappa shape index (κ3) is 8.13. The first-order chi connectivity index (χ1) is 34.7. The fraction of sp³-hybridized carbons (Fsp3) is 0.0448. The average molecular weight is 919 g/mol. The van der Waals surface area contributed by atoms with Crippen molar-refractivity contribution in [1.29, 1.82) is 0 Å². The zero-order chi connectivity index (χ0) is 48.1. The summed E-state index contributed by atoms with van der Waals surface area (Å²) in [5.74, 6) is -0.565. The number of nitrogens with zero attached hydrogens (tertiary/aromatic N) is 2. The second-order valence-corrected chi connectivity index (χ2v) is 18.9. The van der Waals surface area contributed by atoms with Gasteiger partial charge in [0, 0.05) is 39.5 Å². The molecule has 0 N–H and O–H groups in total. The molecule has 0 atom stereocenters. The van der Waals surface area contributed by atoms with Crippen LogP contribution >= 0.6 is 0 Å². The second kappa shape index (κ2) is 17.9. The fourth-order valence-electron chi connectivity index (χ4n) is 10.7. The highest BCUT2D eigenvalue weighted by molar-refractivity contribution is 6.00. The van der Waals surface area contributed by atoms with Crippen LogP contribution in [0.3, 0.4) is 0 Å². The molecular formula is C67H48F2N2. The van der Waals surface area contributed by atoms with Crippen LogP contribution in [0.4, 0.5) is 42.9 Å². The molecular weight excluding hydrogens is 871 g/mol. The molecule has 0 saturated carbocycles. The molecule has 11 aromatic rings. The molecule has 71 heavy (non-hydrogen) atoms. The van der Waals surface area contributed by atoms with E-state index in [1.165, 1.54) is 51.9 Å². The van der Waals surface area contributed by atoms with E-state index in [1.807, 2.05) is 48.5 Å². The normalized spacial score (nSPS) is 12.3. The van der Waals surface area contributed by atoms with Crippen LogP contribution < -0.4 is 9.80 Å². The number of benzene rings is 11. The fourth-order valence-corrected chi connectivity index (χ4v) is 10.7. The molecule has 0 fully saturated rings. The third-order valence-electron chi connectivity index (χ3n) is 14.1. The summed E-state index contributed by atoms with van der Waals surface area (Å²) < 4.78 is 29.3. The van der Waals surface area contributed by atoms with Crippen molar-refractivity contribution in [2.75, 3.05) is 9.80 Å². The topological polar surface area (TPSA) is 6.48 Å². The molecule has 0 aliphatic heterocycles. The van der Waals surface area contributed by atoms with Gasteiger partial charge in [-0.15, -0.1) is 0 Å². The van der Waals surface area contributed by atoms with Gasteiger partial charge in [0.15, 0.2) is 0 Å². The lowest BCUT2D eigenvalue weighted by Gasteiger charge is -2.29. The van der Waals surface area contributed by atoms with Crippen molar-refractivity contribution in [2.24, 2.45) is 0 Å². The minimum absolute atomic E-state index is 0.282. The number of anilines is 6. The van der Waals surface area contributed by atoms with Gasteiger partial charge in [-0.3, -0.25) is 0 Å². The predicted octanol–water partition coefficient (Wildman–Crippen LogP) is 19.0. The Morgan fingerprint density at radius 1 is 0.296 bits per heavy atom. The Bertz CT molecular complexity index is 3610. The summed E-state index contributed by atoms with van der Waals surface area (Å²) in [7, 11) is 0. The minimum Gasteiger partial charge on any atom is -0.310 e. The van der Waals surface area contributed by atoms with Crippen LogP contribution in [0.25, 0.3) is 66.4 Å². The van der Waals surface area contributed by atoms with Gasteiger partial charge < -0.3 is 9.80 Å². The van der Waals surface area contributed by atoms with Crippen molar-refractivity contribution in [1.82, 2.24) is 0 Å². The second-order valence-electron chi connectivity index (χ2n) is 18.9. The van der Waals surface area contributed by atoms with E-state index in [0.717, 1.165) is 84.0 Å². The van der Waals surface area contributed by atoms with Crippen molar-refractivity contribution in [2.45, 2.75) is 19.3 Å². The smallest absolute Gasteiger partial charge is 0.123 e.